The predicted molar refractivity (Wildman–Crippen MR) is 97.3 cm³/mol. The normalized spacial score (nSPS) is 10.5. The molecule has 128 valence electrons. The third kappa shape index (κ3) is 3.71. The highest BCUT2D eigenvalue weighted by Crippen LogP contribution is 2.31. The van der Waals surface area contributed by atoms with Crippen LogP contribution in [0.25, 0.3) is 11.3 Å². The van der Waals surface area contributed by atoms with E-state index < -0.39 is 0 Å². The average molecular weight is 336 g/mol. The van der Waals surface area contributed by atoms with Crippen LogP contribution in [0, 0.1) is 6.92 Å². The van der Waals surface area contributed by atoms with Crippen LogP contribution in [-0.2, 0) is 6.54 Å². The number of methoxy groups -OCH3 is 2. The summed E-state index contributed by atoms with van der Waals surface area (Å²) in [5, 5.41) is 4.50. The van der Waals surface area contributed by atoms with Crippen LogP contribution in [0.4, 0.5) is 0 Å². The number of nitrogens with zero attached hydrogens (tertiary/aromatic N) is 2. The van der Waals surface area contributed by atoms with Gasteiger partial charge in [-0.2, -0.15) is 5.10 Å². The van der Waals surface area contributed by atoms with Crippen LogP contribution in [0.15, 0.2) is 59.4 Å². The summed E-state index contributed by atoms with van der Waals surface area (Å²) in [6, 6.07) is 16.9. The molecule has 0 N–H and O–H groups in total. The number of rotatable bonds is 5. The molecule has 25 heavy (non-hydrogen) atoms. The smallest absolute Gasteiger partial charge is 0.267 e. The molecule has 0 saturated carbocycles. The standard InChI is InChI=1S/C20H20N2O3/c1-14-4-6-15(7-5-14)13-22-20(23)11-9-17(21-22)16-8-10-18(24-2)19(12-16)25-3/h4-12H,13H2,1-3H3. The first kappa shape index (κ1) is 16.8. The number of aromatic nitrogens is 2. The largest absolute Gasteiger partial charge is 0.493 e. The molecular formula is C20H20N2O3. The molecule has 1 aromatic heterocycles. The van der Waals surface area contributed by atoms with Crippen molar-refractivity contribution in [3.05, 3.63) is 76.1 Å². The highest BCUT2D eigenvalue weighted by molar-refractivity contribution is 5.63. The lowest BCUT2D eigenvalue weighted by molar-refractivity contribution is 0.355. The van der Waals surface area contributed by atoms with Crippen molar-refractivity contribution in [3.8, 4) is 22.8 Å². The Morgan fingerprint density at radius 2 is 1.64 bits per heavy atom. The molecule has 3 aromatic rings. The minimum absolute atomic E-state index is 0.134. The van der Waals surface area contributed by atoms with E-state index in [1.54, 1.807) is 20.3 Å². The van der Waals surface area contributed by atoms with Gasteiger partial charge in [-0.15, -0.1) is 0 Å². The Morgan fingerprint density at radius 3 is 2.32 bits per heavy atom. The number of hydrogen-bond acceptors (Lipinski definition) is 4. The lowest BCUT2D eigenvalue weighted by atomic mass is 10.1. The van der Waals surface area contributed by atoms with E-state index in [1.165, 1.54) is 16.3 Å². The zero-order valence-corrected chi connectivity index (χ0v) is 14.5. The second-order valence-electron chi connectivity index (χ2n) is 5.77. The third-order valence-corrected chi connectivity index (χ3v) is 4.00. The van der Waals surface area contributed by atoms with E-state index in [4.69, 9.17) is 9.47 Å². The van der Waals surface area contributed by atoms with Crippen LogP contribution in [-0.4, -0.2) is 24.0 Å². The van der Waals surface area contributed by atoms with Gasteiger partial charge in [0.2, 0.25) is 0 Å². The molecule has 0 radical (unpaired) electrons. The third-order valence-electron chi connectivity index (χ3n) is 4.00. The number of benzene rings is 2. The van der Waals surface area contributed by atoms with Crippen molar-refractivity contribution >= 4 is 0 Å². The van der Waals surface area contributed by atoms with Crippen LogP contribution in [0.5, 0.6) is 11.5 Å². The summed E-state index contributed by atoms with van der Waals surface area (Å²) in [6.45, 7) is 2.46. The zero-order chi connectivity index (χ0) is 17.8. The molecule has 0 spiro atoms. The van der Waals surface area contributed by atoms with Crippen molar-refractivity contribution in [2.45, 2.75) is 13.5 Å². The fraction of sp³-hybridized carbons (Fsp3) is 0.200. The first-order chi connectivity index (χ1) is 12.1. The van der Waals surface area contributed by atoms with Crippen LogP contribution in [0.3, 0.4) is 0 Å². The molecule has 0 saturated heterocycles. The second kappa shape index (κ2) is 7.21. The summed E-state index contributed by atoms with van der Waals surface area (Å²) < 4.78 is 12.1. The molecule has 0 aliphatic rings. The van der Waals surface area contributed by atoms with Crippen molar-refractivity contribution in [1.29, 1.82) is 0 Å². The minimum atomic E-state index is -0.134. The molecular weight excluding hydrogens is 316 g/mol. The quantitative estimate of drug-likeness (QED) is 0.717. The fourth-order valence-electron chi connectivity index (χ4n) is 2.58. The summed E-state index contributed by atoms with van der Waals surface area (Å²) in [5.41, 5.74) is 3.64. The molecule has 5 heteroatoms. The Morgan fingerprint density at radius 1 is 0.920 bits per heavy atom. The van der Waals surface area contributed by atoms with Gasteiger partial charge in [-0.25, -0.2) is 4.68 Å². The van der Waals surface area contributed by atoms with Gasteiger partial charge in [-0.1, -0.05) is 29.8 Å². The number of hydrogen-bond donors (Lipinski definition) is 0. The Labute approximate surface area is 146 Å². The lowest BCUT2D eigenvalue weighted by Crippen LogP contribution is -2.22. The Balaban J connectivity index is 1.96. The minimum Gasteiger partial charge on any atom is -0.493 e. The van der Waals surface area contributed by atoms with Gasteiger partial charge < -0.3 is 9.47 Å². The molecule has 3 rings (SSSR count). The van der Waals surface area contributed by atoms with Gasteiger partial charge >= 0.3 is 0 Å². The first-order valence-electron chi connectivity index (χ1n) is 7.97. The van der Waals surface area contributed by atoms with Gasteiger partial charge in [0.1, 0.15) is 0 Å². The SMILES string of the molecule is COc1ccc(-c2ccc(=O)n(Cc3ccc(C)cc3)n2)cc1OC. The zero-order valence-electron chi connectivity index (χ0n) is 14.5. The molecule has 0 amide bonds. The van der Waals surface area contributed by atoms with Gasteiger partial charge in [0.05, 0.1) is 26.5 Å². The van der Waals surface area contributed by atoms with Crippen LogP contribution < -0.4 is 15.0 Å². The van der Waals surface area contributed by atoms with Crippen molar-refractivity contribution in [1.82, 2.24) is 9.78 Å². The van der Waals surface area contributed by atoms with E-state index in [-0.39, 0.29) is 5.56 Å². The van der Waals surface area contributed by atoms with Crippen molar-refractivity contribution in [3.63, 3.8) is 0 Å². The molecule has 0 atom stereocenters. The molecule has 0 unspecified atom stereocenters. The summed E-state index contributed by atoms with van der Waals surface area (Å²) >= 11 is 0. The van der Waals surface area contributed by atoms with Gasteiger partial charge in [0, 0.05) is 11.6 Å². The Kier molecular flexibility index (Phi) is 4.84. The van der Waals surface area contributed by atoms with Crippen molar-refractivity contribution in [2.75, 3.05) is 14.2 Å². The molecule has 5 nitrogen and oxygen atoms in total. The molecule has 2 aromatic carbocycles. The van der Waals surface area contributed by atoms with E-state index in [2.05, 4.69) is 5.10 Å². The van der Waals surface area contributed by atoms with E-state index in [0.717, 1.165) is 11.1 Å². The Hall–Kier alpha value is -3.08. The van der Waals surface area contributed by atoms with Crippen LogP contribution >= 0.6 is 0 Å². The summed E-state index contributed by atoms with van der Waals surface area (Å²) in [7, 11) is 3.19. The van der Waals surface area contributed by atoms with Gasteiger partial charge in [-0.3, -0.25) is 4.79 Å². The lowest BCUT2D eigenvalue weighted by Gasteiger charge is -2.11. The Bertz CT molecular complexity index is 930. The van der Waals surface area contributed by atoms with Gasteiger partial charge in [-0.05, 0) is 36.8 Å². The summed E-state index contributed by atoms with van der Waals surface area (Å²) in [6.07, 6.45) is 0. The van der Waals surface area contributed by atoms with Crippen LogP contribution in [0.1, 0.15) is 11.1 Å². The fourth-order valence-corrected chi connectivity index (χ4v) is 2.58. The molecule has 0 aliphatic heterocycles. The van der Waals surface area contributed by atoms with Gasteiger partial charge in [0.25, 0.3) is 5.56 Å². The van der Waals surface area contributed by atoms with E-state index in [0.29, 0.717) is 23.7 Å². The summed E-state index contributed by atoms with van der Waals surface area (Å²) in [4.78, 5) is 12.2. The summed E-state index contributed by atoms with van der Waals surface area (Å²) in [5.74, 6) is 1.28. The molecule has 0 bridgehead atoms. The molecule has 1 heterocycles. The monoisotopic (exact) mass is 336 g/mol. The maximum atomic E-state index is 12.2. The van der Waals surface area contributed by atoms with E-state index in [1.807, 2.05) is 49.4 Å². The average Bonchev–Trinajstić information content (AvgIpc) is 2.64. The molecule has 0 aliphatic carbocycles. The first-order valence-corrected chi connectivity index (χ1v) is 7.97. The maximum Gasteiger partial charge on any atom is 0.267 e. The highest BCUT2D eigenvalue weighted by atomic mass is 16.5. The molecule has 0 fully saturated rings. The highest BCUT2D eigenvalue weighted by Gasteiger charge is 2.09. The van der Waals surface area contributed by atoms with E-state index >= 15 is 0 Å². The second-order valence-corrected chi connectivity index (χ2v) is 5.77. The number of aryl methyl sites for hydroxylation is 1. The van der Waals surface area contributed by atoms with Crippen molar-refractivity contribution < 1.29 is 9.47 Å². The number of ether oxygens (including phenoxy) is 2. The van der Waals surface area contributed by atoms with Gasteiger partial charge in [0.15, 0.2) is 11.5 Å². The van der Waals surface area contributed by atoms with Crippen molar-refractivity contribution in [2.24, 2.45) is 0 Å². The van der Waals surface area contributed by atoms with Crippen LogP contribution in [0.2, 0.25) is 0 Å². The topological polar surface area (TPSA) is 53.4 Å². The maximum absolute atomic E-state index is 12.2. The van der Waals surface area contributed by atoms with E-state index in [9.17, 15) is 4.79 Å². The predicted octanol–water partition coefficient (Wildman–Crippen LogP) is 3.28.